The number of nitrogens with one attached hydrogen (secondary N) is 1. The van der Waals surface area contributed by atoms with Crippen LogP contribution in [0.3, 0.4) is 0 Å². The van der Waals surface area contributed by atoms with Gasteiger partial charge >= 0.3 is 5.97 Å². The number of carbonyl (C=O) groups excluding carboxylic acids is 1. The Morgan fingerprint density at radius 3 is 2.30 bits per heavy atom. The Morgan fingerprint density at radius 2 is 1.66 bits per heavy atom. The molecule has 1 unspecified atom stereocenters. The maximum atomic E-state index is 15.4. The molecule has 3 aromatic carbocycles. The molecule has 0 saturated heterocycles. The number of aromatic nitrogens is 1. The molecule has 1 aliphatic carbocycles. The monoisotopic (exact) mass is 647 g/mol. The Morgan fingerprint density at radius 1 is 0.979 bits per heavy atom. The Hall–Kier alpha value is -4.90. The number of halogens is 3. The molecule has 8 nitrogen and oxygen atoms in total. The number of aliphatic carboxylic acids is 1. The number of hydrogen-bond donors (Lipinski definition) is 3. The number of anilines is 1. The van der Waals surface area contributed by atoms with Gasteiger partial charge in [-0.15, -0.1) is 0 Å². The van der Waals surface area contributed by atoms with Crippen molar-refractivity contribution in [2.75, 3.05) is 18.9 Å². The number of hydrogen-bond acceptors (Lipinski definition) is 6. The van der Waals surface area contributed by atoms with Crippen LogP contribution in [0.15, 0.2) is 77.6 Å². The Bertz CT molecular complexity index is 1820. The lowest BCUT2D eigenvalue weighted by molar-refractivity contribution is -0.147. The van der Waals surface area contributed by atoms with Gasteiger partial charge in [0.05, 0.1) is 12.2 Å². The van der Waals surface area contributed by atoms with Gasteiger partial charge in [-0.2, -0.15) is 0 Å². The largest absolute Gasteiger partial charge is 0.493 e. The van der Waals surface area contributed by atoms with Crippen LogP contribution in [0.5, 0.6) is 5.75 Å². The molecule has 4 aromatic rings. The van der Waals surface area contributed by atoms with Gasteiger partial charge in [-0.3, -0.25) is 19.0 Å². The minimum absolute atomic E-state index is 0.0279. The van der Waals surface area contributed by atoms with Crippen molar-refractivity contribution in [2.24, 2.45) is 5.92 Å². The summed E-state index contributed by atoms with van der Waals surface area (Å²) >= 11 is 0. The van der Waals surface area contributed by atoms with Crippen LogP contribution >= 0.6 is 0 Å². The van der Waals surface area contributed by atoms with Crippen molar-refractivity contribution in [2.45, 2.75) is 51.0 Å². The number of carboxylic acids is 1. The van der Waals surface area contributed by atoms with E-state index in [9.17, 15) is 23.9 Å². The second-order valence-electron chi connectivity index (χ2n) is 11.9. The lowest BCUT2D eigenvalue weighted by Gasteiger charge is -2.36. The van der Waals surface area contributed by atoms with Crippen molar-refractivity contribution >= 4 is 17.6 Å². The van der Waals surface area contributed by atoms with E-state index in [1.54, 1.807) is 0 Å². The van der Waals surface area contributed by atoms with E-state index >= 15 is 8.78 Å². The van der Waals surface area contributed by atoms with Crippen molar-refractivity contribution in [3.63, 3.8) is 0 Å². The summed E-state index contributed by atoms with van der Waals surface area (Å²) in [6, 6.07) is 17.1. The fourth-order valence-corrected chi connectivity index (χ4v) is 6.34. The maximum Gasteiger partial charge on any atom is 0.324 e. The van der Waals surface area contributed by atoms with Crippen LogP contribution in [0.4, 0.5) is 19.0 Å². The number of carboxylic acid groups (broad SMARTS) is 1. The van der Waals surface area contributed by atoms with Crippen LogP contribution in [-0.2, 0) is 11.2 Å². The molecule has 1 aliphatic rings. The van der Waals surface area contributed by atoms with Gasteiger partial charge in [-0.1, -0.05) is 43.2 Å². The van der Waals surface area contributed by atoms with Gasteiger partial charge in [0.1, 0.15) is 28.6 Å². The molecule has 0 amide bonds. The molecule has 0 aliphatic heterocycles. The quantitative estimate of drug-likeness (QED) is 0.120. The van der Waals surface area contributed by atoms with E-state index in [1.165, 1.54) is 19.1 Å². The fourth-order valence-electron chi connectivity index (χ4n) is 6.34. The first-order chi connectivity index (χ1) is 22.5. The van der Waals surface area contributed by atoms with E-state index in [0.717, 1.165) is 61.6 Å². The van der Waals surface area contributed by atoms with Crippen LogP contribution in [0.2, 0.25) is 0 Å². The van der Waals surface area contributed by atoms with Gasteiger partial charge in [-0.25, -0.2) is 13.2 Å². The lowest BCUT2D eigenvalue weighted by Crippen LogP contribution is -2.59. The topological polar surface area (TPSA) is 124 Å². The fraction of sp³-hybridized carbons (Fsp3) is 0.306. The number of nitrogen functional groups attached to an aromatic ring is 1. The predicted octanol–water partition coefficient (Wildman–Crippen LogP) is 5.99. The van der Waals surface area contributed by atoms with E-state index in [0.29, 0.717) is 24.0 Å². The van der Waals surface area contributed by atoms with Gasteiger partial charge in [0.25, 0.3) is 5.56 Å². The highest BCUT2D eigenvalue weighted by atomic mass is 19.1. The van der Waals surface area contributed by atoms with Crippen molar-refractivity contribution in [3.8, 4) is 11.4 Å². The molecule has 1 heterocycles. The molecule has 0 spiro atoms. The number of carbonyl (C=O) groups is 2. The van der Waals surface area contributed by atoms with E-state index in [1.807, 2.05) is 30.3 Å². The summed E-state index contributed by atoms with van der Waals surface area (Å²) in [5.74, 6) is -5.05. The second kappa shape index (κ2) is 14.3. The molecule has 11 heteroatoms. The highest BCUT2D eigenvalue weighted by Gasteiger charge is 2.46. The van der Waals surface area contributed by atoms with Crippen LogP contribution in [0.1, 0.15) is 59.2 Å². The zero-order valence-electron chi connectivity index (χ0n) is 25.9. The van der Waals surface area contributed by atoms with E-state index < -0.39 is 51.8 Å². The Kier molecular flexibility index (Phi) is 10.1. The third-order valence-electron chi connectivity index (χ3n) is 8.80. The number of benzene rings is 3. The molecule has 1 atom stereocenters. The zero-order valence-corrected chi connectivity index (χ0v) is 25.9. The van der Waals surface area contributed by atoms with Crippen LogP contribution in [-0.4, -0.2) is 40.1 Å². The molecule has 0 radical (unpaired) electrons. The smallest absolute Gasteiger partial charge is 0.324 e. The third-order valence-corrected chi connectivity index (χ3v) is 8.80. The molecule has 1 fully saturated rings. The van der Waals surface area contributed by atoms with Crippen molar-refractivity contribution in [3.05, 3.63) is 123 Å². The first kappa shape index (κ1) is 33.5. The third kappa shape index (κ3) is 7.10. The van der Waals surface area contributed by atoms with Crippen LogP contribution < -0.4 is 21.3 Å². The summed E-state index contributed by atoms with van der Waals surface area (Å²) in [6.45, 7) is 1.80. The molecule has 4 N–H and O–H groups in total. The van der Waals surface area contributed by atoms with Gasteiger partial charge in [0, 0.05) is 30.2 Å². The van der Waals surface area contributed by atoms with E-state index in [-0.39, 0.29) is 35.0 Å². The van der Waals surface area contributed by atoms with Crippen LogP contribution in [0.25, 0.3) is 5.69 Å². The molecule has 0 bridgehead atoms. The van der Waals surface area contributed by atoms with Crippen molar-refractivity contribution in [1.29, 1.82) is 0 Å². The van der Waals surface area contributed by atoms with Crippen molar-refractivity contribution < 1.29 is 32.6 Å². The average Bonchev–Trinajstić information content (AvgIpc) is 3.59. The first-order valence-corrected chi connectivity index (χ1v) is 15.5. The summed E-state index contributed by atoms with van der Waals surface area (Å²) in [4.78, 5) is 38.5. The molecule has 1 aromatic heterocycles. The number of ketones is 1. The highest BCUT2D eigenvalue weighted by molar-refractivity contribution is 6.11. The summed E-state index contributed by atoms with van der Waals surface area (Å²) in [6.07, 6.45) is 4.23. The molecule has 1 saturated carbocycles. The Balaban J connectivity index is 1.29. The maximum absolute atomic E-state index is 15.4. The lowest BCUT2D eigenvalue weighted by atomic mass is 9.77. The highest BCUT2D eigenvalue weighted by Crippen LogP contribution is 2.37. The molecular weight excluding hydrogens is 611 g/mol. The first-order valence-electron chi connectivity index (χ1n) is 15.5. The minimum atomic E-state index is -1.16. The predicted molar refractivity (Wildman–Crippen MR) is 172 cm³/mol. The number of ether oxygens (including phenoxy) is 1. The molecule has 5 rings (SSSR count). The normalized spacial score (nSPS) is 14.6. The molecule has 47 heavy (non-hydrogen) atoms. The summed E-state index contributed by atoms with van der Waals surface area (Å²) in [5, 5.41) is 13.7. The number of rotatable bonds is 13. The number of nitrogens with two attached hydrogens (primary N) is 1. The van der Waals surface area contributed by atoms with E-state index in [4.69, 9.17) is 10.5 Å². The molecule has 246 valence electrons. The zero-order chi connectivity index (χ0) is 33.7. The summed E-state index contributed by atoms with van der Waals surface area (Å²) in [7, 11) is 0. The van der Waals surface area contributed by atoms with Crippen LogP contribution in [0, 0.1) is 30.3 Å². The minimum Gasteiger partial charge on any atom is -0.493 e. The van der Waals surface area contributed by atoms with Gasteiger partial charge in [0.2, 0.25) is 0 Å². The van der Waals surface area contributed by atoms with Gasteiger partial charge < -0.3 is 20.9 Å². The summed E-state index contributed by atoms with van der Waals surface area (Å²) < 4.78 is 50.6. The number of nitrogens with zero attached hydrogens (tertiary/aromatic N) is 1. The molecular formula is C36H36F3N3O5. The average molecular weight is 648 g/mol. The van der Waals surface area contributed by atoms with Gasteiger partial charge in [-0.05, 0) is 74.0 Å². The second-order valence-corrected chi connectivity index (χ2v) is 11.9. The SMILES string of the molecule is Cc1cc(C(=O)c2ccc(=O)n(-c3c(F)cc(OCCCNC(Cc4ccccc4)(C(=O)O)C4CCCC4)cc3F)c2N)ccc1F. The number of aryl methyl sites for hydroxylation is 1. The van der Waals surface area contributed by atoms with Gasteiger partial charge in [0.15, 0.2) is 17.4 Å². The van der Waals surface area contributed by atoms with Crippen molar-refractivity contribution in [1.82, 2.24) is 9.88 Å². The Labute approximate surface area is 270 Å². The standard InChI is InChI=1S/C36H36F3N3O5/c1-22-18-24(12-14-28(22)37)33(44)27-13-15-31(43)42(34(27)40)32-29(38)19-26(20-30(32)39)47-17-7-16-41-36(35(45)46,25-10-5-6-11-25)21-23-8-3-2-4-9-23/h2-4,8-9,12-15,18-20,25,41H,5-7,10-11,16-17,21,40H2,1H3,(H,45,46). The number of pyridine rings is 1. The van der Waals surface area contributed by atoms with E-state index in [2.05, 4.69) is 5.32 Å². The summed E-state index contributed by atoms with van der Waals surface area (Å²) in [5.41, 5.74) is 4.34.